The van der Waals surface area contributed by atoms with Gasteiger partial charge in [-0.25, -0.2) is 0 Å². The number of rotatable bonds is 6. The molecule has 1 aromatic heterocycles. The lowest BCUT2D eigenvalue weighted by Crippen LogP contribution is -2.18. The topological polar surface area (TPSA) is 119 Å². The Balaban J connectivity index is 1.64. The first-order valence-electron chi connectivity index (χ1n) is 8.20. The number of non-ortho nitro benzene ring substituents is 1. The molecule has 2 amide bonds. The molecule has 0 aliphatic carbocycles. The maximum Gasteiger partial charge on any atom is 0.271 e. The quantitative estimate of drug-likeness (QED) is 0.512. The van der Waals surface area contributed by atoms with Crippen LogP contribution in [-0.2, 0) is 11.3 Å². The molecule has 1 heterocycles. The van der Waals surface area contributed by atoms with E-state index in [9.17, 15) is 19.7 Å². The van der Waals surface area contributed by atoms with Crippen molar-refractivity contribution in [3.63, 3.8) is 0 Å². The number of nitrogens with zero attached hydrogens (tertiary/aromatic N) is 3. The van der Waals surface area contributed by atoms with Crippen molar-refractivity contribution in [2.45, 2.75) is 13.0 Å². The van der Waals surface area contributed by atoms with Gasteiger partial charge in [0.25, 0.3) is 11.6 Å². The minimum absolute atomic E-state index is 0.0232. The van der Waals surface area contributed by atoms with Crippen LogP contribution in [0.5, 0.6) is 0 Å². The van der Waals surface area contributed by atoms with Crippen molar-refractivity contribution in [3.05, 3.63) is 64.3 Å². The van der Waals surface area contributed by atoms with Crippen molar-refractivity contribution in [2.75, 3.05) is 12.4 Å². The van der Waals surface area contributed by atoms with Crippen molar-refractivity contribution in [2.24, 2.45) is 0 Å². The van der Waals surface area contributed by atoms with E-state index in [0.29, 0.717) is 16.8 Å². The number of aryl methyl sites for hydroxylation is 1. The Morgan fingerprint density at radius 1 is 1.19 bits per heavy atom. The average molecular weight is 367 g/mol. The van der Waals surface area contributed by atoms with E-state index < -0.39 is 4.92 Å². The fraction of sp³-hybridized carbons (Fsp3) is 0.167. The van der Waals surface area contributed by atoms with Crippen LogP contribution in [0.25, 0.3) is 10.9 Å². The van der Waals surface area contributed by atoms with E-state index in [2.05, 4.69) is 15.7 Å². The highest BCUT2D eigenvalue weighted by atomic mass is 16.6. The third kappa shape index (κ3) is 4.09. The van der Waals surface area contributed by atoms with Gasteiger partial charge in [0.15, 0.2) is 0 Å². The fourth-order valence-electron chi connectivity index (χ4n) is 2.63. The number of nitro benzene ring substituents is 1. The molecule has 0 aliphatic heterocycles. The monoisotopic (exact) mass is 367 g/mol. The van der Waals surface area contributed by atoms with Gasteiger partial charge in [-0.15, -0.1) is 0 Å². The highest BCUT2D eigenvalue weighted by Gasteiger charge is 2.11. The third-order valence-electron chi connectivity index (χ3n) is 4.05. The number of anilines is 1. The van der Waals surface area contributed by atoms with Crippen molar-refractivity contribution in [1.82, 2.24) is 15.1 Å². The number of carbonyl (C=O) groups is 2. The molecule has 0 atom stereocenters. The Morgan fingerprint density at radius 2 is 1.93 bits per heavy atom. The standard InChI is InChI=1S/C18H17N5O4/c1-19-18(25)12-2-5-14(6-3-12)21-17(24)8-9-22-16-10-15(23(26)27)7-4-13(16)11-20-22/h2-7,10-11H,8-9H2,1H3,(H,19,25)(H,21,24). The number of nitro groups is 1. The number of fused-ring (bicyclic) bond motifs is 1. The van der Waals surface area contributed by atoms with Gasteiger partial charge in [-0.3, -0.25) is 24.4 Å². The zero-order chi connectivity index (χ0) is 19.4. The third-order valence-corrected chi connectivity index (χ3v) is 4.05. The molecule has 0 radical (unpaired) electrons. The summed E-state index contributed by atoms with van der Waals surface area (Å²) in [7, 11) is 1.55. The van der Waals surface area contributed by atoms with Crippen LogP contribution < -0.4 is 10.6 Å². The molecule has 0 unspecified atom stereocenters. The fourth-order valence-corrected chi connectivity index (χ4v) is 2.63. The molecule has 138 valence electrons. The summed E-state index contributed by atoms with van der Waals surface area (Å²) in [5.41, 5.74) is 1.66. The Morgan fingerprint density at radius 3 is 2.59 bits per heavy atom. The molecule has 27 heavy (non-hydrogen) atoms. The first kappa shape index (κ1) is 18.1. The van der Waals surface area contributed by atoms with Crippen LogP contribution in [-0.4, -0.2) is 33.6 Å². The maximum atomic E-state index is 12.2. The van der Waals surface area contributed by atoms with Crippen molar-refractivity contribution in [3.8, 4) is 0 Å². The number of nitrogens with one attached hydrogen (secondary N) is 2. The van der Waals surface area contributed by atoms with Gasteiger partial charge in [0.2, 0.25) is 5.91 Å². The predicted molar refractivity (Wildman–Crippen MR) is 99.5 cm³/mol. The van der Waals surface area contributed by atoms with Crippen LogP contribution in [0, 0.1) is 10.1 Å². The molecule has 0 saturated heterocycles. The summed E-state index contributed by atoms with van der Waals surface area (Å²) in [6.07, 6.45) is 1.76. The molecule has 0 bridgehead atoms. The van der Waals surface area contributed by atoms with Gasteiger partial charge in [0.05, 0.1) is 23.2 Å². The van der Waals surface area contributed by atoms with Gasteiger partial charge in [-0.05, 0) is 30.3 Å². The zero-order valence-electron chi connectivity index (χ0n) is 14.5. The number of hydrogen-bond acceptors (Lipinski definition) is 5. The van der Waals surface area contributed by atoms with E-state index in [0.717, 1.165) is 5.39 Å². The molecule has 0 aliphatic rings. The number of carbonyl (C=O) groups excluding carboxylic acids is 2. The predicted octanol–water partition coefficient (Wildman–Crippen LogP) is 2.33. The molecular weight excluding hydrogens is 350 g/mol. The van der Waals surface area contributed by atoms with E-state index in [1.807, 2.05) is 0 Å². The van der Waals surface area contributed by atoms with Crippen LogP contribution in [0.3, 0.4) is 0 Å². The second kappa shape index (κ2) is 7.65. The smallest absolute Gasteiger partial charge is 0.271 e. The number of amides is 2. The van der Waals surface area contributed by atoms with Crippen molar-refractivity contribution >= 4 is 34.1 Å². The molecule has 0 spiro atoms. The van der Waals surface area contributed by atoms with Gasteiger partial charge in [0, 0.05) is 42.2 Å². The van der Waals surface area contributed by atoms with E-state index in [4.69, 9.17) is 0 Å². The molecule has 0 saturated carbocycles. The summed E-state index contributed by atoms with van der Waals surface area (Å²) >= 11 is 0. The molecule has 3 aromatic rings. The number of benzene rings is 2. The van der Waals surface area contributed by atoms with Crippen LogP contribution in [0.15, 0.2) is 48.7 Å². The molecule has 0 fully saturated rings. The molecular formula is C18H17N5O4. The first-order valence-corrected chi connectivity index (χ1v) is 8.20. The second-order valence-electron chi connectivity index (χ2n) is 5.82. The van der Waals surface area contributed by atoms with Gasteiger partial charge in [-0.1, -0.05) is 0 Å². The Hall–Kier alpha value is -3.75. The number of hydrogen-bond donors (Lipinski definition) is 2. The molecule has 2 N–H and O–H groups in total. The minimum atomic E-state index is -0.466. The Labute approximate surface area is 154 Å². The van der Waals surface area contributed by atoms with Crippen LogP contribution in [0.2, 0.25) is 0 Å². The maximum absolute atomic E-state index is 12.2. The minimum Gasteiger partial charge on any atom is -0.355 e. The lowest BCUT2D eigenvalue weighted by atomic mass is 10.2. The van der Waals surface area contributed by atoms with E-state index >= 15 is 0 Å². The molecule has 3 rings (SSSR count). The first-order chi connectivity index (χ1) is 13.0. The van der Waals surface area contributed by atoms with Crippen molar-refractivity contribution in [1.29, 1.82) is 0 Å². The summed E-state index contributed by atoms with van der Waals surface area (Å²) in [6.45, 7) is 0.285. The summed E-state index contributed by atoms with van der Waals surface area (Å²) in [4.78, 5) is 34.1. The van der Waals surface area contributed by atoms with Gasteiger partial charge < -0.3 is 10.6 Å². The van der Waals surface area contributed by atoms with Crippen LogP contribution in [0.1, 0.15) is 16.8 Å². The van der Waals surface area contributed by atoms with Crippen LogP contribution in [0.4, 0.5) is 11.4 Å². The highest BCUT2D eigenvalue weighted by Crippen LogP contribution is 2.21. The van der Waals surface area contributed by atoms with E-state index in [1.165, 1.54) is 12.1 Å². The number of aromatic nitrogens is 2. The molecule has 9 nitrogen and oxygen atoms in total. The zero-order valence-corrected chi connectivity index (χ0v) is 14.5. The summed E-state index contributed by atoms with van der Waals surface area (Å²) in [5, 5.41) is 21.1. The highest BCUT2D eigenvalue weighted by molar-refractivity contribution is 5.95. The van der Waals surface area contributed by atoms with Gasteiger partial charge in [0.1, 0.15) is 0 Å². The Kier molecular flexibility index (Phi) is 5.11. The summed E-state index contributed by atoms with van der Waals surface area (Å²) < 4.78 is 1.57. The SMILES string of the molecule is CNC(=O)c1ccc(NC(=O)CCn2ncc3ccc([N+](=O)[O-])cc32)cc1. The molecule has 2 aromatic carbocycles. The van der Waals surface area contributed by atoms with E-state index in [1.54, 1.807) is 48.3 Å². The van der Waals surface area contributed by atoms with Gasteiger partial charge >= 0.3 is 0 Å². The summed E-state index contributed by atoms with van der Waals surface area (Å²) in [6, 6.07) is 11.0. The second-order valence-corrected chi connectivity index (χ2v) is 5.82. The van der Waals surface area contributed by atoms with E-state index in [-0.39, 0.29) is 30.5 Å². The average Bonchev–Trinajstić information content (AvgIpc) is 3.08. The molecule has 9 heteroatoms. The van der Waals surface area contributed by atoms with Crippen molar-refractivity contribution < 1.29 is 14.5 Å². The lowest BCUT2D eigenvalue weighted by Gasteiger charge is -2.07. The van der Waals surface area contributed by atoms with Crippen LogP contribution >= 0.6 is 0 Å². The Bertz CT molecular complexity index is 1010. The van der Waals surface area contributed by atoms with Gasteiger partial charge in [-0.2, -0.15) is 5.10 Å². The normalized spacial score (nSPS) is 10.6. The lowest BCUT2D eigenvalue weighted by molar-refractivity contribution is -0.384. The summed E-state index contributed by atoms with van der Waals surface area (Å²) in [5.74, 6) is -0.427. The largest absolute Gasteiger partial charge is 0.355 e.